The van der Waals surface area contributed by atoms with Gasteiger partial charge in [0.2, 0.25) is 5.91 Å². The fourth-order valence-electron chi connectivity index (χ4n) is 3.39. The van der Waals surface area contributed by atoms with Crippen LogP contribution in [-0.2, 0) is 16.1 Å². The molecule has 2 fully saturated rings. The summed E-state index contributed by atoms with van der Waals surface area (Å²) in [6.45, 7) is 8.87. The zero-order valence-electron chi connectivity index (χ0n) is 13.5. The molecule has 2 aliphatic rings. The number of amides is 1. The number of aryl methyl sites for hydroxylation is 1. The molecule has 0 unspecified atom stereocenters. The van der Waals surface area contributed by atoms with E-state index in [1.54, 1.807) is 11.3 Å². The van der Waals surface area contributed by atoms with Gasteiger partial charge in [0.15, 0.2) is 0 Å². The van der Waals surface area contributed by atoms with Gasteiger partial charge in [-0.1, -0.05) is 0 Å². The zero-order valence-corrected chi connectivity index (χ0v) is 14.4. The molecular weight excluding hydrogens is 298 g/mol. The van der Waals surface area contributed by atoms with Gasteiger partial charge in [0, 0.05) is 24.5 Å². The van der Waals surface area contributed by atoms with Crippen LogP contribution in [0.5, 0.6) is 0 Å². The summed E-state index contributed by atoms with van der Waals surface area (Å²) < 4.78 is 6.03. The number of piperidine rings is 1. The standard InChI is InChI=1S/C16H25N3O2S/c1-10(2)17-16(20)14-6-12-4-5-19(8-15(12)21-14)7-13-9-22-11(3)18-13/h9-10,12,14-15H,4-8H2,1-3H3,(H,17,20)/t12-,14+,15-/m0/s1. The molecule has 0 radical (unpaired) electrons. The lowest BCUT2D eigenvalue weighted by atomic mass is 9.91. The monoisotopic (exact) mass is 323 g/mol. The van der Waals surface area contributed by atoms with Crippen LogP contribution in [0.25, 0.3) is 0 Å². The summed E-state index contributed by atoms with van der Waals surface area (Å²) in [5.41, 5.74) is 1.15. The van der Waals surface area contributed by atoms with E-state index in [9.17, 15) is 4.79 Å². The number of hydrogen-bond acceptors (Lipinski definition) is 5. The van der Waals surface area contributed by atoms with E-state index in [-0.39, 0.29) is 24.2 Å². The number of thiazole rings is 1. The van der Waals surface area contributed by atoms with Crippen LogP contribution < -0.4 is 5.32 Å². The molecule has 0 spiro atoms. The van der Waals surface area contributed by atoms with Gasteiger partial charge in [-0.05, 0) is 46.1 Å². The summed E-state index contributed by atoms with van der Waals surface area (Å²) in [5.74, 6) is 0.572. The first-order chi connectivity index (χ1) is 10.5. The molecule has 6 heteroatoms. The Morgan fingerprint density at radius 1 is 1.59 bits per heavy atom. The van der Waals surface area contributed by atoms with Crippen molar-refractivity contribution in [2.45, 2.75) is 58.4 Å². The molecule has 3 rings (SSSR count). The molecule has 0 aliphatic carbocycles. The van der Waals surface area contributed by atoms with Gasteiger partial charge in [0.1, 0.15) is 6.10 Å². The maximum Gasteiger partial charge on any atom is 0.249 e. The molecular formula is C16H25N3O2S. The number of fused-ring (bicyclic) bond motifs is 1. The second-order valence-corrected chi connectivity index (χ2v) is 7.77. The molecule has 0 aromatic carbocycles. The van der Waals surface area contributed by atoms with Crippen molar-refractivity contribution in [3.8, 4) is 0 Å². The maximum atomic E-state index is 12.1. The van der Waals surface area contributed by atoms with Crippen molar-refractivity contribution in [2.24, 2.45) is 5.92 Å². The van der Waals surface area contributed by atoms with E-state index in [4.69, 9.17) is 4.74 Å². The van der Waals surface area contributed by atoms with E-state index in [1.807, 2.05) is 20.8 Å². The van der Waals surface area contributed by atoms with Crippen molar-refractivity contribution in [3.05, 3.63) is 16.1 Å². The molecule has 2 aliphatic heterocycles. The van der Waals surface area contributed by atoms with Crippen LogP contribution in [0.1, 0.15) is 37.4 Å². The number of ether oxygens (including phenoxy) is 1. The topological polar surface area (TPSA) is 54.5 Å². The Hall–Kier alpha value is -0.980. The van der Waals surface area contributed by atoms with E-state index in [0.29, 0.717) is 5.92 Å². The second-order valence-electron chi connectivity index (χ2n) is 6.70. The Morgan fingerprint density at radius 2 is 2.41 bits per heavy atom. The average molecular weight is 323 g/mol. The maximum absolute atomic E-state index is 12.1. The van der Waals surface area contributed by atoms with Crippen molar-refractivity contribution >= 4 is 17.2 Å². The minimum absolute atomic E-state index is 0.0473. The molecule has 2 saturated heterocycles. The van der Waals surface area contributed by atoms with Gasteiger partial charge in [0.25, 0.3) is 0 Å². The van der Waals surface area contributed by atoms with Crippen LogP contribution in [0.4, 0.5) is 0 Å². The number of rotatable bonds is 4. The van der Waals surface area contributed by atoms with Crippen LogP contribution in [0, 0.1) is 12.8 Å². The number of carbonyl (C=O) groups excluding carboxylic acids is 1. The van der Waals surface area contributed by atoms with Crippen molar-refractivity contribution < 1.29 is 9.53 Å². The van der Waals surface area contributed by atoms with Crippen molar-refractivity contribution in [1.82, 2.24) is 15.2 Å². The molecule has 0 bridgehead atoms. The Labute approximate surface area is 136 Å². The first-order valence-electron chi connectivity index (χ1n) is 8.10. The highest BCUT2D eigenvalue weighted by Crippen LogP contribution is 2.33. The number of likely N-dealkylation sites (tertiary alicyclic amines) is 1. The number of carbonyl (C=O) groups is 1. The van der Waals surface area contributed by atoms with Crippen LogP contribution >= 0.6 is 11.3 Å². The molecule has 1 aromatic heterocycles. The smallest absolute Gasteiger partial charge is 0.249 e. The first kappa shape index (κ1) is 15.9. The number of hydrogen-bond donors (Lipinski definition) is 1. The molecule has 5 nitrogen and oxygen atoms in total. The fourth-order valence-corrected chi connectivity index (χ4v) is 4.00. The van der Waals surface area contributed by atoms with Crippen molar-refractivity contribution in [3.63, 3.8) is 0 Å². The molecule has 1 amide bonds. The Bertz CT molecular complexity index is 531. The summed E-state index contributed by atoms with van der Waals surface area (Å²) >= 11 is 1.70. The Balaban J connectivity index is 1.54. The predicted octanol–water partition coefficient (Wildman–Crippen LogP) is 1.96. The predicted molar refractivity (Wildman–Crippen MR) is 86.8 cm³/mol. The minimum Gasteiger partial charge on any atom is -0.364 e. The van der Waals surface area contributed by atoms with Gasteiger partial charge < -0.3 is 10.1 Å². The van der Waals surface area contributed by atoms with E-state index in [2.05, 4.69) is 20.6 Å². The Kier molecular flexibility index (Phi) is 4.80. The molecule has 3 atom stereocenters. The summed E-state index contributed by atoms with van der Waals surface area (Å²) in [4.78, 5) is 19.1. The van der Waals surface area contributed by atoms with Crippen molar-refractivity contribution in [2.75, 3.05) is 13.1 Å². The highest BCUT2D eigenvalue weighted by Gasteiger charge is 2.41. The third kappa shape index (κ3) is 3.67. The van der Waals surface area contributed by atoms with Gasteiger partial charge >= 0.3 is 0 Å². The molecule has 22 heavy (non-hydrogen) atoms. The van der Waals surface area contributed by atoms with E-state index in [0.717, 1.165) is 43.2 Å². The van der Waals surface area contributed by atoms with E-state index in [1.165, 1.54) is 0 Å². The fraction of sp³-hybridized carbons (Fsp3) is 0.750. The van der Waals surface area contributed by atoms with Crippen LogP contribution in [0.15, 0.2) is 5.38 Å². The third-order valence-electron chi connectivity index (χ3n) is 4.41. The van der Waals surface area contributed by atoms with E-state index < -0.39 is 0 Å². The minimum atomic E-state index is -0.265. The third-order valence-corrected chi connectivity index (χ3v) is 5.23. The summed E-state index contributed by atoms with van der Waals surface area (Å²) in [5, 5.41) is 6.21. The first-order valence-corrected chi connectivity index (χ1v) is 8.98. The second kappa shape index (κ2) is 6.64. The van der Waals surface area contributed by atoms with Gasteiger partial charge in [-0.2, -0.15) is 0 Å². The highest BCUT2D eigenvalue weighted by molar-refractivity contribution is 7.09. The molecule has 3 heterocycles. The lowest BCUT2D eigenvalue weighted by molar-refractivity contribution is -0.133. The van der Waals surface area contributed by atoms with Gasteiger partial charge in [0.05, 0.1) is 16.8 Å². The van der Waals surface area contributed by atoms with E-state index >= 15 is 0 Å². The molecule has 0 saturated carbocycles. The summed E-state index contributed by atoms with van der Waals surface area (Å²) in [6, 6.07) is 0.170. The van der Waals surface area contributed by atoms with Gasteiger partial charge in [-0.3, -0.25) is 9.69 Å². The molecule has 1 aromatic rings. The quantitative estimate of drug-likeness (QED) is 0.920. The zero-order chi connectivity index (χ0) is 15.7. The lowest BCUT2D eigenvalue weighted by Gasteiger charge is -2.33. The van der Waals surface area contributed by atoms with Crippen LogP contribution in [-0.4, -0.2) is 47.1 Å². The average Bonchev–Trinajstić information content (AvgIpc) is 3.04. The number of nitrogens with zero attached hydrogens (tertiary/aromatic N) is 2. The Morgan fingerprint density at radius 3 is 3.09 bits per heavy atom. The van der Waals surface area contributed by atoms with Crippen LogP contribution in [0.3, 0.4) is 0 Å². The molecule has 122 valence electrons. The summed E-state index contributed by atoms with van der Waals surface area (Å²) in [7, 11) is 0. The SMILES string of the molecule is Cc1nc(CN2CC[C@H]3C[C@H](C(=O)NC(C)C)O[C@H]3C2)cs1. The normalized spacial score (nSPS) is 28.8. The summed E-state index contributed by atoms with van der Waals surface area (Å²) in [6.07, 6.45) is 1.90. The molecule has 1 N–H and O–H groups in total. The lowest BCUT2D eigenvalue weighted by Crippen LogP contribution is -2.42. The number of aromatic nitrogens is 1. The number of nitrogens with one attached hydrogen (secondary N) is 1. The van der Waals surface area contributed by atoms with Crippen LogP contribution in [0.2, 0.25) is 0 Å². The van der Waals surface area contributed by atoms with Crippen molar-refractivity contribution in [1.29, 1.82) is 0 Å². The highest BCUT2D eigenvalue weighted by atomic mass is 32.1. The largest absolute Gasteiger partial charge is 0.364 e. The van der Waals surface area contributed by atoms with Gasteiger partial charge in [-0.15, -0.1) is 11.3 Å². The van der Waals surface area contributed by atoms with Gasteiger partial charge in [-0.25, -0.2) is 4.98 Å².